The van der Waals surface area contributed by atoms with Crippen molar-refractivity contribution in [3.8, 4) is 0 Å². The van der Waals surface area contributed by atoms with Crippen LogP contribution < -0.4 is 0 Å². The van der Waals surface area contributed by atoms with E-state index >= 15 is 0 Å². The molecule has 1 N–H and O–H groups in total. The molecule has 0 aromatic heterocycles. The van der Waals surface area contributed by atoms with Gasteiger partial charge in [0.05, 0.1) is 0 Å². The lowest BCUT2D eigenvalue weighted by Crippen LogP contribution is -2.31. The first-order valence-electron chi connectivity index (χ1n) is 2.04. The van der Waals surface area contributed by atoms with Gasteiger partial charge in [-0.1, -0.05) is 0 Å². The van der Waals surface area contributed by atoms with E-state index < -0.39 is 11.6 Å². The number of rotatable bonds is 1. The van der Waals surface area contributed by atoms with Gasteiger partial charge < -0.3 is 5.11 Å². The fraction of sp³-hybridized carbons (Fsp3) is 0.750. The Kier molecular flexibility index (Phi) is 1.92. The van der Waals surface area contributed by atoms with Crippen molar-refractivity contribution in [2.75, 3.05) is 0 Å². The number of aliphatic hydroxyl groups is 1. The number of carbonyl (C=O) groups excluding carboxylic acids is 1. The summed E-state index contributed by atoms with van der Waals surface area (Å²) in [6, 6.07) is 0. The van der Waals surface area contributed by atoms with Crippen LogP contribution in [0.1, 0.15) is 13.8 Å². The fourth-order valence-corrected chi connectivity index (χ4v) is 0.0944. The smallest absolute Gasteiger partial charge is 0.379 e. The Balaban J connectivity index is 3.82. The van der Waals surface area contributed by atoms with Crippen molar-refractivity contribution in [1.82, 2.24) is 0 Å². The molecule has 0 aromatic rings. The molecule has 0 saturated carbocycles. The van der Waals surface area contributed by atoms with Gasteiger partial charge in [-0.2, -0.15) is 0 Å². The van der Waals surface area contributed by atoms with Crippen LogP contribution in [0.4, 0.5) is 4.53 Å². The van der Waals surface area contributed by atoms with Gasteiger partial charge in [-0.25, -0.2) is 4.79 Å². The number of halogens is 1. The Labute approximate surface area is 46.0 Å². The van der Waals surface area contributed by atoms with E-state index in [0.29, 0.717) is 0 Å². The second kappa shape index (κ2) is 2.09. The molecule has 3 nitrogen and oxygen atoms in total. The van der Waals surface area contributed by atoms with Crippen molar-refractivity contribution in [3.05, 3.63) is 0 Å². The van der Waals surface area contributed by atoms with E-state index in [2.05, 4.69) is 4.94 Å². The molecular weight excluding hydrogens is 115 g/mol. The molecule has 0 aliphatic heterocycles. The molecule has 0 fully saturated rings. The lowest BCUT2D eigenvalue weighted by atomic mass is 10.1. The first kappa shape index (κ1) is 7.36. The molecule has 4 heteroatoms. The molecule has 0 atom stereocenters. The lowest BCUT2D eigenvalue weighted by molar-refractivity contribution is -0.202. The van der Waals surface area contributed by atoms with Crippen molar-refractivity contribution in [1.29, 1.82) is 0 Å². The van der Waals surface area contributed by atoms with Crippen LogP contribution in [0.2, 0.25) is 0 Å². The molecule has 0 unspecified atom stereocenters. The van der Waals surface area contributed by atoms with Gasteiger partial charge in [-0.3, -0.25) is 4.94 Å². The van der Waals surface area contributed by atoms with Crippen LogP contribution in [0.25, 0.3) is 0 Å². The van der Waals surface area contributed by atoms with Gasteiger partial charge in [0.2, 0.25) is 0 Å². The van der Waals surface area contributed by atoms with Crippen LogP contribution in [-0.4, -0.2) is 16.7 Å². The van der Waals surface area contributed by atoms with Crippen LogP contribution in [0.5, 0.6) is 0 Å². The van der Waals surface area contributed by atoms with Crippen LogP contribution >= 0.6 is 0 Å². The van der Waals surface area contributed by atoms with Crippen molar-refractivity contribution >= 4 is 5.97 Å². The van der Waals surface area contributed by atoms with Gasteiger partial charge in [0, 0.05) is 4.53 Å². The van der Waals surface area contributed by atoms with Gasteiger partial charge in [0.15, 0.2) is 5.60 Å². The Hall–Kier alpha value is -0.640. The summed E-state index contributed by atoms with van der Waals surface area (Å²) >= 11 is 0. The van der Waals surface area contributed by atoms with Gasteiger partial charge in [0.25, 0.3) is 0 Å². The third kappa shape index (κ3) is 1.88. The zero-order valence-corrected chi connectivity index (χ0v) is 4.64. The highest BCUT2D eigenvalue weighted by atomic mass is 19.3. The minimum absolute atomic E-state index is 1.13. The van der Waals surface area contributed by atoms with E-state index in [0.717, 1.165) is 13.8 Å². The molecule has 0 aliphatic carbocycles. The minimum Gasteiger partial charge on any atom is -0.379 e. The Morgan fingerprint density at radius 1 is 1.75 bits per heavy atom. The maximum atomic E-state index is 10.9. The van der Waals surface area contributed by atoms with Crippen LogP contribution in [0.15, 0.2) is 0 Å². The monoisotopic (exact) mass is 122 g/mol. The molecule has 8 heavy (non-hydrogen) atoms. The average molecular weight is 122 g/mol. The summed E-state index contributed by atoms with van der Waals surface area (Å²) in [7, 11) is 0. The molecule has 0 saturated heterocycles. The van der Waals surface area contributed by atoms with E-state index in [-0.39, 0.29) is 0 Å². The van der Waals surface area contributed by atoms with E-state index in [4.69, 9.17) is 5.11 Å². The van der Waals surface area contributed by atoms with Gasteiger partial charge in [-0.05, 0) is 13.8 Å². The van der Waals surface area contributed by atoms with Gasteiger partial charge >= 0.3 is 5.97 Å². The van der Waals surface area contributed by atoms with E-state index in [1.807, 2.05) is 0 Å². The van der Waals surface area contributed by atoms with Crippen LogP contribution in [0, 0.1) is 0 Å². The largest absolute Gasteiger partial charge is 0.379 e. The standard InChI is InChI=1S/C4H7FO3/c1-4(2,7)3(6)8-5/h7H,1-2H3. The molecular formula is C4H7FO3. The third-order valence-corrected chi connectivity index (χ3v) is 0.570. The number of carbonyl (C=O) groups is 1. The quantitative estimate of drug-likeness (QED) is 0.539. The zero-order valence-electron chi connectivity index (χ0n) is 4.64. The van der Waals surface area contributed by atoms with Gasteiger partial charge in [0.1, 0.15) is 0 Å². The maximum absolute atomic E-state index is 10.9. The molecule has 0 radical (unpaired) electrons. The number of hydrogen-bond acceptors (Lipinski definition) is 3. The summed E-state index contributed by atoms with van der Waals surface area (Å²) in [5, 5.41) is 8.57. The molecule has 0 rings (SSSR count). The van der Waals surface area contributed by atoms with E-state index in [9.17, 15) is 9.32 Å². The van der Waals surface area contributed by atoms with Crippen LogP contribution in [0.3, 0.4) is 0 Å². The second-order valence-corrected chi connectivity index (χ2v) is 1.92. The predicted molar refractivity (Wildman–Crippen MR) is 23.5 cm³/mol. The van der Waals surface area contributed by atoms with Crippen molar-refractivity contribution in [2.45, 2.75) is 19.4 Å². The SMILES string of the molecule is CC(C)(O)C(=O)OF. The van der Waals surface area contributed by atoms with Crippen molar-refractivity contribution in [3.63, 3.8) is 0 Å². The second-order valence-electron chi connectivity index (χ2n) is 1.92. The first-order valence-corrected chi connectivity index (χ1v) is 2.04. The molecule has 0 bridgehead atoms. The summed E-state index contributed by atoms with van der Waals surface area (Å²) in [6.07, 6.45) is 0. The Morgan fingerprint density at radius 3 is 2.12 bits per heavy atom. The highest BCUT2D eigenvalue weighted by Crippen LogP contribution is 2.02. The summed E-state index contributed by atoms with van der Waals surface area (Å²) in [6.45, 7) is 2.27. The van der Waals surface area contributed by atoms with Crippen LogP contribution in [-0.2, 0) is 9.74 Å². The van der Waals surface area contributed by atoms with Gasteiger partial charge in [-0.15, -0.1) is 0 Å². The minimum atomic E-state index is -1.73. The lowest BCUT2D eigenvalue weighted by Gasteiger charge is -2.08. The molecule has 0 aliphatic rings. The Bertz CT molecular complexity index is 93.9. The molecule has 0 heterocycles. The van der Waals surface area contributed by atoms with E-state index in [1.165, 1.54) is 0 Å². The zero-order chi connectivity index (χ0) is 6.78. The Morgan fingerprint density at radius 2 is 2.12 bits per heavy atom. The summed E-state index contributed by atoms with van der Waals surface area (Å²) in [4.78, 5) is 12.7. The summed E-state index contributed by atoms with van der Waals surface area (Å²) in [5.74, 6) is -1.28. The highest BCUT2D eigenvalue weighted by molar-refractivity contribution is 5.77. The summed E-state index contributed by atoms with van der Waals surface area (Å²) < 4.78 is 10.9. The van der Waals surface area contributed by atoms with Crippen molar-refractivity contribution in [2.24, 2.45) is 0 Å². The fourth-order valence-electron chi connectivity index (χ4n) is 0.0944. The molecule has 48 valence electrons. The third-order valence-electron chi connectivity index (χ3n) is 0.570. The van der Waals surface area contributed by atoms with Crippen molar-refractivity contribution < 1.29 is 19.4 Å². The average Bonchev–Trinajstić information content (AvgIpc) is 1.62. The summed E-state index contributed by atoms with van der Waals surface area (Å²) in [5.41, 5.74) is -1.73. The predicted octanol–water partition coefficient (Wildman–Crippen LogP) is 0.185. The maximum Gasteiger partial charge on any atom is 0.379 e. The topological polar surface area (TPSA) is 46.5 Å². The molecule has 0 aromatic carbocycles. The first-order chi connectivity index (χ1) is 3.48. The normalized spacial score (nSPS) is 11.0. The molecule has 0 amide bonds. The molecule has 0 spiro atoms. The van der Waals surface area contributed by atoms with E-state index in [1.54, 1.807) is 0 Å². The highest BCUT2D eigenvalue weighted by Gasteiger charge is 2.26. The number of hydrogen-bond donors (Lipinski definition) is 1.